The van der Waals surface area contributed by atoms with Gasteiger partial charge in [-0.05, 0) is 0 Å². The van der Waals surface area contributed by atoms with Gasteiger partial charge in [0, 0.05) is 0 Å². The molecule has 0 aliphatic carbocycles. The first kappa shape index (κ1) is 6.88. The molecule has 0 aliphatic heterocycles. The molecule has 0 unspecified atom stereocenters. The van der Waals surface area contributed by atoms with Gasteiger partial charge in [-0.3, -0.25) is 0 Å². The van der Waals surface area contributed by atoms with Crippen LogP contribution in [-0.4, -0.2) is 0 Å². The first-order valence-electron chi connectivity index (χ1n) is 2.56. The Bertz CT molecular complexity index is 33.7. The molecule has 38 valence electrons. The predicted octanol–water partition coefficient (Wildman–Crippen LogP) is 2.72. The van der Waals surface area contributed by atoms with Crippen LogP contribution in [0.15, 0.2) is 0 Å². The van der Waals surface area contributed by atoms with Gasteiger partial charge in [0.05, 0.1) is 0 Å². The van der Waals surface area contributed by atoms with Crippen molar-refractivity contribution in [2.75, 3.05) is 0 Å². The molecule has 0 saturated heterocycles. The molecule has 0 aromatic carbocycles. The molecule has 0 spiro atoms. The summed E-state index contributed by atoms with van der Waals surface area (Å²) in [5.74, 6) is 0. The van der Waals surface area contributed by atoms with Crippen LogP contribution in [0.1, 0.15) is 6.92 Å². The average Bonchev–Trinajstić information content (AvgIpc) is 1.35. The molecule has 0 bridgehead atoms. The van der Waals surface area contributed by atoms with Crippen molar-refractivity contribution in [3.8, 4) is 0 Å². The summed E-state index contributed by atoms with van der Waals surface area (Å²) >= 11 is -1.23. The Morgan fingerprint density at radius 1 is 1.17 bits per heavy atom. The van der Waals surface area contributed by atoms with Gasteiger partial charge in [0.15, 0.2) is 0 Å². The molecule has 0 aromatic heterocycles. The van der Waals surface area contributed by atoms with E-state index in [2.05, 4.69) is 20.8 Å². The molecule has 0 aliphatic rings. The molecule has 1 heteroatoms. The molecule has 0 fully saturated rings. The molecular formula is C5H14Zr. The van der Waals surface area contributed by atoms with Gasteiger partial charge >= 0.3 is 45.2 Å². The molecule has 0 rings (SSSR count). The summed E-state index contributed by atoms with van der Waals surface area (Å²) in [6, 6.07) is 0. The quantitative estimate of drug-likeness (QED) is 0.560. The second kappa shape index (κ2) is 2.26. The summed E-state index contributed by atoms with van der Waals surface area (Å²) in [6.07, 6.45) is 0. The van der Waals surface area contributed by atoms with Crippen molar-refractivity contribution >= 4 is 0 Å². The van der Waals surface area contributed by atoms with Crippen molar-refractivity contribution in [2.24, 2.45) is 0 Å². The topological polar surface area (TPSA) is 0 Å². The van der Waals surface area contributed by atoms with Crippen LogP contribution in [0.4, 0.5) is 0 Å². The van der Waals surface area contributed by atoms with E-state index < -0.39 is 20.3 Å². The summed E-state index contributed by atoms with van der Waals surface area (Å²) < 4.78 is 8.84. The monoisotopic (exact) mass is 164 g/mol. The molecule has 6 heavy (non-hydrogen) atoms. The fourth-order valence-electron chi connectivity index (χ4n) is 0. The van der Waals surface area contributed by atoms with E-state index in [1.807, 2.05) is 0 Å². The van der Waals surface area contributed by atoms with E-state index in [4.69, 9.17) is 0 Å². The number of rotatable bonds is 1. The van der Waals surface area contributed by atoms with Gasteiger partial charge in [0.2, 0.25) is 0 Å². The Hall–Kier alpha value is 0.883. The van der Waals surface area contributed by atoms with Gasteiger partial charge < -0.3 is 0 Å². The van der Waals surface area contributed by atoms with E-state index in [-0.39, 0.29) is 0 Å². The van der Waals surface area contributed by atoms with Gasteiger partial charge in [-0.15, -0.1) is 0 Å². The minimum atomic E-state index is -1.23. The number of hydrogen-bond donors (Lipinski definition) is 0. The van der Waals surface area contributed by atoms with Crippen LogP contribution in [0.3, 0.4) is 0 Å². The van der Waals surface area contributed by atoms with Crippen LogP contribution >= 0.6 is 0 Å². The van der Waals surface area contributed by atoms with Gasteiger partial charge in [-0.25, -0.2) is 0 Å². The number of hydrogen-bond acceptors (Lipinski definition) is 0. The molecule has 0 saturated carbocycles. The van der Waals surface area contributed by atoms with Crippen LogP contribution in [0.5, 0.6) is 0 Å². The summed E-state index contributed by atoms with van der Waals surface area (Å²) in [5, 5.41) is 0. The van der Waals surface area contributed by atoms with E-state index in [9.17, 15) is 0 Å². The minimum absolute atomic E-state index is 1.23. The average molecular weight is 165 g/mol. The SMILES string of the molecule is C[CH2][Zr]([CH3])([CH3])[CH3]. The maximum atomic E-state index is 2.45. The van der Waals surface area contributed by atoms with E-state index in [1.165, 1.54) is 4.13 Å². The van der Waals surface area contributed by atoms with Crippen LogP contribution in [0, 0.1) is 0 Å². The molecule has 0 aromatic rings. The first-order chi connectivity index (χ1) is 2.56. The zero-order valence-corrected chi connectivity index (χ0v) is 7.67. The summed E-state index contributed by atoms with van der Waals surface area (Å²) in [7, 11) is 0. The first-order valence-corrected chi connectivity index (χ1v) is 11.7. The van der Waals surface area contributed by atoms with Crippen LogP contribution in [-0.2, 0) is 20.3 Å². The Labute approximate surface area is 45.3 Å². The van der Waals surface area contributed by atoms with Crippen molar-refractivity contribution in [3.05, 3.63) is 0 Å². The van der Waals surface area contributed by atoms with Crippen LogP contribution < -0.4 is 0 Å². The molecule has 0 heterocycles. The fourth-order valence-corrected chi connectivity index (χ4v) is 0. The fraction of sp³-hybridized carbons (Fsp3) is 1.00. The molecule has 0 amide bonds. The van der Waals surface area contributed by atoms with Gasteiger partial charge in [-0.2, -0.15) is 0 Å². The summed E-state index contributed by atoms with van der Waals surface area (Å²) in [4.78, 5) is 0. The Balaban J connectivity index is 3.17. The molecule has 0 atom stereocenters. The van der Waals surface area contributed by atoms with Crippen molar-refractivity contribution < 1.29 is 20.3 Å². The van der Waals surface area contributed by atoms with E-state index in [0.717, 1.165) is 0 Å². The Kier molecular flexibility index (Phi) is 2.59. The van der Waals surface area contributed by atoms with Gasteiger partial charge in [-0.1, -0.05) is 0 Å². The standard InChI is InChI=1S/C2H5.3CH3.Zr/c1-2;;;;/h1H2,2H3;3*1H3;. The predicted molar refractivity (Wildman–Crippen MR) is 28.1 cm³/mol. The third kappa shape index (κ3) is 4.88. The van der Waals surface area contributed by atoms with Crippen molar-refractivity contribution in [1.29, 1.82) is 0 Å². The van der Waals surface area contributed by atoms with Gasteiger partial charge in [0.1, 0.15) is 0 Å². The second-order valence-electron chi connectivity index (χ2n) is 2.91. The summed E-state index contributed by atoms with van der Waals surface area (Å²) in [6.45, 7) is 2.30. The third-order valence-electron chi connectivity index (χ3n) is 1.06. The van der Waals surface area contributed by atoms with E-state index in [1.54, 1.807) is 0 Å². The van der Waals surface area contributed by atoms with Crippen molar-refractivity contribution in [1.82, 2.24) is 0 Å². The zero-order chi connectivity index (χ0) is 5.21. The van der Waals surface area contributed by atoms with Crippen molar-refractivity contribution in [3.63, 3.8) is 0 Å². The Morgan fingerprint density at radius 3 is 1.33 bits per heavy atom. The molecule has 0 nitrogen and oxygen atoms in total. The zero-order valence-electron chi connectivity index (χ0n) is 5.21. The third-order valence-corrected chi connectivity index (χ3v) is 6.27. The molecular weight excluding hydrogens is 151 g/mol. The van der Waals surface area contributed by atoms with E-state index in [0.29, 0.717) is 0 Å². The molecule has 0 radical (unpaired) electrons. The van der Waals surface area contributed by atoms with Gasteiger partial charge in [0.25, 0.3) is 0 Å². The van der Waals surface area contributed by atoms with Crippen molar-refractivity contribution in [2.45, 2.75) is 24.9 Å². The summed E-state index contributed by atoms with van der Waals surface area (Å²) in [5.41, 5.74) is 0. The second-order valence-corrected chi connectivity index (χ2v) is 17.2. The normalized spacial score (nSPS) is 12.0. The Morgan fingerprint density at radius 2 is 1.33 bits per heavy atom. The van der Waals surface area contributed by atoms with E-state index >= 15 is 0 Å². The molecule has 0 N–H and O–H groups in total. The van der Waals surface area contributed by atoms with Crippen LogP contribution in [0.2, 0.25) is 18.0 Å². The maximum absolute atomic E-state index is 2.45. The van der Waals surface area contributed by atoms with Crippen LogP contribution in [0.25, 0.3) is 0 Å².